The van der Waals surface area contributed by atoms with Gasteiger partial charge in [0.05, 0.1) is 22.2 Å². The van der Waals surface area contributed by atoms with E-state index in [0.29, 0.717) is 11.2 Å². The van der Waals surface area contributed by atoms with Gasteiger partial charge in [0.1, 0.15) is 5.82 Å². The van der Waals surface area contributed by atoms with Crippen LogP contribution in [0.3, 0.4) is 0 Å². The number of rotatable bonds is 3. The second kappa shape index (κ2) is 6.24. The first-order valence-electron chi connectivity index (χ1n) is 7.93. The number of hydrogen-bond acceptors (Lipinski definition) is 5. The molecule has 1 N–H and O–H groups in total. The van der Waals surface area contributed by atoms with Crippen molar-refractivity contribution >= 4 is 22.4 Å². The van der Waals surface area contributed by atoms with E-state index in [9.17, 15) is 14.0 Å². The number of fused-ring (bicyclic) bond motifs is 1. The number of nitrogens with zero attached hydrogens (tertiary/aromatic N) is 3. The molecule has 0 radical (unpaired) electrons. The van der Waals surface area contributed by atoms with Crippen molar-refractivity contribution in [2.75, 3.05) is 50.6 Å². The molecule has 24 heavy (non-hydrogen) atoms. The average Bonchev–Trinajstić information content (AvgIpc) is 2.56. The standard InChI is InChI=1S/C17H21FN4O2/c1-11(23)13-10-22(19-2)15-9-16(14(18)8-12(15)17(13)24)21-6-4-20(3)5-7-21/h8-10,19H,4-7H2,1-3H3. The zero-order valence-electron chi connectivity index (χ0n) is 14.1. The molecule has 2 heterocycles. The third-order valence-electron chi connectivity index (χ3n) is 4.54. The van der Waals surface area contributed by atoms with Gasteiger partial charge in [0, 0.05) is 39.4 Å². The van der Waals surface area contributed by atoms with Crippen LogP contribution in [0.1, 0.15) is 17.3 Å². The maximum absolute atomic E-state index is 14.6. The number of hydrogen-bond donors (Lipinski definition) is 1. The molecule has 128 valence electrons. The normalized spacial score (nSPS) is 15.8. The van der Waals surface area contributed by atoms with Crippen LogP contribution in [0, 0.1) is 5.82 Å². The monoisotopic (exact) mass is 332 g/mol. The van der Waals surface area contributed by atoms with Crippen LogP contribution in [0.4, 0.5) is 10.1 Å². The Bertz CT molecular complexity index is 854. The number of piperazine rings is 1. The maximum atomic E-state index is 14.6. The Balaban J connectivity index is 2.18. The first-order chi connectivity index (χ1) is 11.4. The first kappa shape index (κ1) is 16.4. The van der Waals surface area contributed by atoms with Gasteiger partial charge in [0.25, 0.3) is 0 Å². The van der Waals surface area contributed by atoms with Crippen LogP contribution < -0.4 is 15.8 Å². The number of pyridine rings is 1. The van der Waals surface area contributed by atoms with Crippen molar-refractivity contribution in [3.05, 3.63) is 39.9 Å². The summed E-state index contributed by atoms with van der Waals surface area (Å²) in [7, 11) is 3.72. The molecule has 0 saturated carbocycles. The summed E-state index contributed by atoms with van der Waals surface area (Å²) in [5, 5.41) is 0.201. The van der Waals surface area contributed by atoms with Crippen molar-refractivity contribution in [1.29, 1.82) is 0 Å². The van der Waals surface area contributed by atoms with Crippen molar-refractivity contribution in [3.8, 4) is 0 Å². The number of ketones is 1. The van der Waals surface area contributed by atoms with Gasteiger partial charge in [-0.25, -0.2) is 4.39 Å². The van der Waals surface area contributed by atoms with Gasteiger partial charge in [-0.1, -0.05) is 0 Å². The number of likely N-dealkylation sites (N-methyl/N-ethyl adjacent to an activating group) is 1. The van der Waals surface area contributed by atoms with Crippen LogP contribution >= 0.6 is 0 Å². The van der Waals surface area contributed by atoms with Crippen molar-refractivity contribution in [2.45, 2.75) is 6.92 Å². The van der Waals surface area contributed by atoms with E-state index in [0.717, 1.165) is 26.2 Å². The maximum Gasteiger partial charge on any atom is 0.200 e. The first-order valence-corrected chi connectivity index (χ1v) is 7.93. The van der Waals surface area contributed by atoms with Crippen LogP contribution in [0.5, 0.6) is 0 Å². The fraction of sp³-hybridized carbons (Fsp3) is 0.412. The molecule has 1 aliphatic rings. The second-order valence-electron chi connectivity index (χ2n) is 6.13. The summed E-state index contributed by atoms with van der Waals surface area (Å²) < 4.78 is 16.2. The lowest BCUT2D eigenvalue weighted by Gasteiger charge is -2.34. The highest BCUT2D eigenvalue weighted by Crippen LogP contribution is 2.25. The summed E-state index contributed by atoms with van der Waals surface area (Å²) in [4.78, 5) is 28.3. The molecule has 1 aromatic heterocycles. The topological polar surface area (TPSA) is 57.6 Å². The quantitative estimate of drug-likeness (QED) is 0.858. The highest BCUT2D eigenvalue weighted by atomic mass is 19.1. The van der Waals surface area contributed by atoms with Gasteiger partial charge in [-0.15, -0.1) is 0 Å². The van der Waals surface area contributed by atoms with E-state index in [1.54, 1.807) is 17.8 Å². The third-order valence-corrected chi connectivity index (χ3v) is 4.54. The van der Waals surface area contributed by atoms with Crippen LogP contribution in [-0.4, -0.2) is 55.6 Å². The van der Waals surface area contributed by atoms with Crippen LogP contribution in [-0.2, 0) is 0 Å². The van der Waals surface area contributed by atoms with Gasteiger partial charge in [0.2, 0.25) is 0 Å². The predicted octanol–water partition coefficient (Wildman–Crippen LogP) is 1.27. The number of halogens is 1. The molecular formula is C17H21FN4O2. The minimum atomic E-state index is -0.437. The summed E-state index contributed by atoms with van der Waals surface area (Å²) >= 11 is 0. The Hall–Kier alpha value is -2.41. The smallest absolute Gasteiger partial charge is 0.200 e. The lowest BCUT2D eigenvalue weighted by molar-refractivity contribution is 0.101. The SMILES string of the molecule is CNn1cc(C(C)=O)c(=O)c2cc(F)c(N3CCN(C)CC3)cc21. The highest BCUT2D eigenvalue weighted by molar-refractivity contribution is 5.97. The third kappa shape index (κ3) is 2.75. The Kier molecular flexibility index (Phi) is 4.28. The second-order valence-corrected chi connectivity index (χ2v) is 6.13. The predicted molar refractivity (Wildman–Crippen MR) is 93.2 cm³/mol. The van der Waals surface area contributed by atoms with Gasteiger partial charge >= 0.3 is 0 Å². The summed E-state index contributed by atoms with van der Waals surface area (Å²) in [6, 6.07) is 2.92. The molecule has 7 heteroatoms. The number of carbonyl (C=O) groups is 1. The van der Waals surface area contributed by atoms with E-state index in [-0.39, 0.29) is 16.7 Å². The van der Waals surface area contributed by atoms with Crippen LogP contribution in [0.15, 0.2) is 23.1 Å². The molecule has 1 aliphatic heterocycles. The molecule has 2 aromatic rings. The number of Topliss-reactive ketones (excluding diaryl/α,β-unsaturated/α-hetero) is 1. The van der Waals surface area contributed by atoms with E-state index in [4.69, 9.17) is 0 Å². The molecule has 6 nitrogen and oxygen atoms in total. The van der Waals surface area contributed by atoms with Crippen LogP contribution in [0.25, 0.3) is 10.9 Å². The van der Waals surface area contributed by atoms with Crippen LogP contribution in [0.2, 0.25) is 0 Å². The number of carbonyl (C=O) groups excluding carboxylic acids is 1. The Morgan fingerprint density at radius 1 is 1.21 bits per heavy atom. The van der Waals surface area contributed by atoms with E-state index >= 15 is 0 Å². The molecule has 0 bridgehead atoms. The summed E-state index contributed by atoms with van der Waals surface area (Å²) in [6.07, 6.45) is 1.47. The van der Waals surface area contributed by atoms with Gasteiger partial charge in [-0.05, 0) is 26.1 Å². The minimum Gasteiger partial charge on any atom is -0.367 e. The summed E-state index contributed by atoms with van der Waals surface area (Å²) in [5.41, 5.74) is 3.57. The molecule has 0 amide bonds. The van der Waals surface area contributed by atoms with E-state index in [2.05, 4.69) is 10.3 Å². The average molecular weight is 332 g/mol. The molecule has 0 atom stereocenters. The van der Waals surface area contributed by atoms with E-state index in [1.165, 1.54) is 19.2 Å². The molecule has 3 rings (SSSR count). The van der Waals surface area contributed by atoms with E-state index in [1.807, 2.05) is 11.9 Å². The zero-order valence-corrected chi connectivity index (χ0v) is 14.1. The number of nitrogens with one attached hydrogen (secondary N) is 1. The Morgan fingerprint density at radius 2 is 1.88 bits per heavy atom. The van der Waals surface area contributed by atoms with Gasteiger partial charge in [-0.3, -0.25) is 14.3 Å². The summed E-state index contributed by atoms with van der Waals surface area (Å²) in [6.45, 7) is 4.51. The Labute approximate surface area is 139 Å². The Morgan fingerprint density at radius 3 is 2.46 bits per heavy atom. The fourth-order valence-electron chi connectivity index (χ4n) is 3.06. The van der Waals surface area contributed by atoms with E-state index < -0.39 is 11.2 Å². The van der Waals surface area contributed by atoms with Crippen molar-refractivity contribution in [1.82, 2.24) is 9.58 Å². The molecule has 1 saturated heterocycles. The lowest BCUT2D eigenvalue weighted by Crippen LogP contribution is -2.44. The molecule has 0 spiro atoms. The minimum absolute atomic E-state index is 0.0450. The molecule has 1 fully saturated rings. The van der Waals surface area contributed by atoms with Gasteiger partial charge in [0.15, 0.2) is 11.2 Å². The molecule has 0 aliphatic carbocycles. The van der Waals surface area contributed by atoms with Crippen molar-refractivity contribution < 1.29 is 9.18 Å². The largest absolute Gasteiger partial charge is 0.367 e. The fourth-order valence-corrected chi connectivity index (χ4v) is 3.06. The van der Waals surface area contributed by atoms with Crippen molar-refractivity contribution in [2.24, 2.45) is 0 Å². The molecular weight excluding hydrogens is 311 g/mol. The lowest BCUT2D eigenvalue weighted by atomic mass is 10.1. The summed E-state index contributed by atoms with van der Waals surface area (Å²) in [5.74, 6) is -0.776. The van der Waals surface area contributed by atoms with Gasteiger partial charge < -0.3 is 15.2 Å². The highest BCUT2D eigenvalue weighted by Gasteiger charge is 2.20. The number of anilines is 1. The number of benzene rings is 1. The number of aromatic nitrogens is 1. The zero-order chi connectivity index (χ0) is 17.4. The molecule has 1 aromatic carbocycles. The molecule has 0 unspecified atom stereocenters. The van der Waals surface area contributed by atoms with Crippen molar-refractivity contribution in [3.63, 3.8) is 0 Å². The van der Waals surface area contributed by atoms with Gasteiger partial charge in [-0.2, -0.15) is 0 Å².